The second-order valence-electron chi connectivity index (χ2n) is 5.11. The molecule has 1 aliphatic rings. The van der Waals surface area contributed by atoms with Crippen LogP contribution in [0.3, 0.4) is 0 Å². The Kier molecular flexibility index (Phi) is 5.26. The molecule has 1 fully saturated rings. The predicted octanol–water partition coefficient (Wildman–Crippen LogP) is -1.29. The van der Waals surface area contributed by atoms with Gasteiger partial charge in [0.1, 0.15) is 24.0 Å². The summed E-state index contributed by atoms with van der Waals surface area (Å²) in [6, 6.07) is 1.46. The van der Waals surface area contributed by atoms with Crippen molar-refractivity contribution >= 4 is 17.1 Å². The third-order valence-electron chi connectivity index (χ3n) is 3.61. The first kappa shape index (κ1) is 18.0. The molecule has 0 radical (unpaired) electrons. The van der Waals surface area contributed by atoms with E-state index in [2.05, 4.69) is 5.32 Å². The number of nitro benzene ring substituents is 2. The van der Waals surface area contributed by atoms with Crippen LogP contribution in [-0.2, 0) is 4.74 Å². The Morgan fingerprint density at radius 3 is 2.33 bits per heavy atom. The predicted molar refractivity (Wildman–Crippen MR) is 77.1 cm³/mol. The fraction of sp³-hybridized carbons (Fsp3) is 0.500. The summed E-state index contributed by atoms with van der Waals surface area (Å²) in [5.74, 6) is 0. The highest BCUT2D eigenvalue weighted by atomic mass is 16.6. The van der Waals surface area contributed by atoms with Gasteiger partial charge in [-0.1, -0.05) is 0 Å². The van der Waals surface area contributed by atoms with Crippen LogP contribution in [0.4, 0.5) is 17.1 Å². The fourth-order valence-electron chi connectivity index (χ4n) is 2.36. The van der Waals surface area contributed by atoms with E-state index in [9.17, 15) is 35.5 Å². The first-order valence-corrected chi connectivity index (χ1v) is 6.76. The Hall–Kier alpha value is -2.38. The summed E-state index contributed by atoms with van der Waals surface area (Å²) >= 11 is 0. The van der Waals surface area contributed by atoms with E-state index in [-0.39, 0.29) is 5.69 Å². The number of ether oxygens (including phenoxy) is 1. The van der Waals surface area contributed by atoms with Crippen molar-refractivity contribution in [3.05, 3.63) is 38.4 Å². The lowest BCUT2D eigenvalue weighted by Crippen LogP contribution is -2.61. The summed E-state index contributed by atoms with van der Waals surface area (Å²) in [6.45, 7) is -0.661. The van der Waals surface area contributed by atoms with Gasteiger partial charge in [-0.3, -0.25) is 20.2 Å². The first-order chi connectivity index (χ1) is 11.3. The van der Waals surface area contributed by atoms with Gasteiger partial charge in [-0.15, -0.1) is 0 Å². The summed E-state index contributed by atoms with van der Waals surface area (Å²) in [7, 11) is 0. The number of anilines is 1. The Morgan fingerprint density at radius 2 is 1.79 bits per heavy atom. The molecule has 24 heavy (non-hydrogen) atoms. The summed E-state index contributed by atoms with van der Waals surface area (Å²) < 4.78 is 4.80. The van der Waals surface area contributed by atoms with Gasteiger partial charge in [0.05, 0.1) is 28.6 Å². The molecule has 0 spiro atoms. The zero-order valence-electron chi connectivity index (χ0n) is 12.1. The standard InChI is InChI=1S/C12H15N3O9/c16-4-8-10(17)9(11(18)12(19)24-8)13-6-2-1-5(14(20)21)3-7(6)15(22)23/h1-3,8-13,16-19H,4H2/t8-,9+,10-,11-,12-/m1/s1. The number of rotatable bonds is 5. The Bertz CT molecular complexity index is 640. The van der Waals surface area contributed by atoms with Gasteiger partial charge >= 0.3 is 0 Å². The minimum atomic E-state index is -1.74. The second kappa shape index (κ2) is 7.02. The van der Waals surface area contributed by atoms with Crippen LogP contribution in [0.2, 0.25) is 0 Å². The van der Waals surface area contributed by atoms with Crippen LogP contribution < -0.4 is 5.32 Å². The zero-order valence-corrected chi connectivity index (χ0v) is 12.1. The maximum atomic E-state index is 11.1. The molecule has 0 saturated carbocycles. The number of hydrogen-bond donors (Lipinski definition) is 5. The lowest BCUT2D eigenvalue weighted by Gasteiger charge is -2.40. The smallest absolute Gasteiger partial charge is 0.299 e. The molecule has 132 valence electrons. The number of aliphatic hydroxyl groups excluding tert-OH is 4. The SMILES string of the molecule is O=[N+]([O-])c1ccc(N[C@@H]2[C@@H](O)[C@H](O)O[C@H](CO)[C@H]2O)c([N+](=O)[O-])c1. The molecule has 0 unspecified atom stereocenters. The van der Waals surface area contributed by atoms with E-state index in [0.717, 1.165) is 18.2 Å². The fourth-order valence-corrected chi connectivity index (χ4v) is 2.36. The summed E-state index contributed by atoms with van der Waals surface area (Å²) in [6.07, 6.45) is -6.11. The first-order valence-electron chi connectivity index (χ1n) is 6.76. The lowest BCUT2D eigenvalue weighted by atomic mass is 9.96. The van der Waals surface area contributed by atoms with Crippen molar-refractivity contribution < 1.29 is 35.0 Å². The Balaban J connectivity index is 2.34. The van der Waals surface area contributed by atoms with Crippen LogP contribution in [0, 0.1) is 20.2 Å². The molecular formula is C12H15N3O9. The van der Waals surface area contributed by atoms with Crippen molar-refractivity contribution in [3.8, 4) is 0 Å². The third kappa shape index (κ3) is 3.42. The van der Waals surface area contributed by atoms with Crippen molar-refractivity contribution in [2.45, 2.75) is 30.6 Å². The van der Waals surface area contributed by atoms with Crippen LogP contribution in [0.1, 0.15) is 0 Å². The molecule has 12 nitrogen and oxygen atoms in total. The molecule has 1 saturated heterocycles. The molecule has 0 amide bonds. The lowest BCUT2D eigenvalue weighted by molar-refractivity contribution is -0.393. The van der Waals surface area contributed by atoms with Crippen LogP contribution in [-0.4, -0.2) is 67.5 Å². The van der Waals surface area contributed by atoms with E-state index in [1.54, 1.807) is 0 Å². The number of nitro groups is 2. The monoisotopic (exact) mass is 345 g/mol. The molecule has 1 aliphatic heterocycles. The number of aliphatic hydroxyl groups is 4. The van der Waals surface area contributed by atoms with E-state index in [1.165, 1.54) is 0 Å². The molecule has 1 aromatic rings. The molecule has 0 aliphatic carbocycles. The van der Waals surface area contributed by atoms with E-state index < -0.39 is 58.5 Å². The molecule has 5 N–H and O–H groups in total. The summed E-state index contributed by atoms with van der Waals surface area (Å²) in [5.41, 5.74) is -1.36. The Labute approximate surface area is 134 Å². The van der Waals surface area contributed by atoms with Gasteiger partial charge in [0.25, 0.3) is 11.4 Å². The largest absolute Gasteiger partial charge is 0.394 e. The van der Waals surface area contributed by atoms with Crippen LogP contribution in [0.5, 0.6) is 0 Å². The molecule has 5 atom stereocenters. The number of nitrogens with one attached hydrogen (secondary N) is 1. The highest BCUT2D eigenvalue weighted by molar-refractivity contribution is 5.66. The van der Waals surface area contributed by atoms with Crippen molar-refractivity contribution in [3.63, 3.8) is 0 Å². The van der Waals surface area contributed by atoms with E-state index in [4.69, 9.17) is 9.84 Å². The molecular weight excluding hydrogens is 330 g/mol. The van der Waals surface area contributed by atoms with Crippen LogP contribution >= 0.6 is 0 Å². The number of hydrogen-bond acceptors (Lipinski definition) is 10. The number of nitrogens with zero attached hydrogens (tertiary/aromatic N) is 2. The van der Waals surface area contributed by atoms with E-state index in [1.807, 2.05) is 0 Å². The number of non-ortho nitro benzene ring substituents is 1. The molecule has 0 aromatic heterocycles. The van der Waals surface area contributed by atoms with E-state index in [0.29, 0.717) is 0 Å². The van der Waals surface area contributed by atoms with Crippen molar-refractivity contribution in [2.24, 2.45) is 0 Å². The van der Waals surface area contributed by atoms with Crippen LogP contribution in [0.15, 0.2) is 18.2 Å². The molecule has 2 rings (SSSR count). The topological polar surface area (TPSA) is 188 Å². The van der Waals surface area contributed by atoms with Gasteiger partial charge in [-0.05, 0) is 6.07 Å². The molecule has 1 heterocycles. The maximum absolute atomic E-state index is 11.1. The highest BCUT2D eigenvalue weighted by Gasteiger charge is 2.44. The van der Waals surface area contributed by atoms with Gasteiger partial charge in [-0.2, -0.15) is 0 Å². The van der Waals surface area contributed by atoms with Gasteiger partial charge < -0.3 is 30.5 Å². The molecule has 0 bridgehead atoms. The van der Waals surface area contributed by atoms with Crippen molar-refractivity contribution in [1.82, 2.24) is 0 Å². The normalized spacial score (nSPS) is 29.9. The van der Waals surface area contributed by atoms with Crippen LogP contribution in [0.25, 0.3) is 0 Å². The van der Waals surface area contributed by atoms with Gasteiger partial charge in [0.15, 0.2) is 6.29 Å². The highest BCUT2D eigenvalue weighted by Crippen LogP contribution is 2.31. The van der Waals surface area contributed by atoms with Gasteiger partial charge in [-0.25, -0.2) is 0 Å². The maximum Gasteiger partial charge on any atom is 0.299 e. The average Bonchev–Trinajstić information content (AvgIpc) is 2.54. The van der Waals surface area contributed by atoms with Gasteiger partial charge in [0.2, 0.25) is 0 Å². The number of benzene rings is 1. The van der Waals surface area contributed by atoms with Crippen molar-refractivity contribution in [1.29, 1.82) is 0 Å². The minimum Gasteiger partial charge on any atom is -0.394 e. The zero-order chi connectivity index (χ0) is 18.0. The summed E-state index contributed by atoms with van der Waals surface area (Å²) in [4.78, 5) is 20.1. The van der Waals surface area contributed by atoms with E-state index >= 15 is 0 Å². The summed E-state index contributed by atoms with van der Waals surface area (Å²) in [5, 5.41) is 62.9. The minimum absolute atomic E-state index is 0.209. The molecule has 1 aromatic carbocycles. The average molecular weight is 345 g/mol. The third-order valence-corrected chi connectivity index (χ3v) is 3.61. The second-order valence-corrected chi connectivity index (χ2v) is 5.11. The van der Waals surface area contributed by atoms with Gasteiger partial charge in [0, 0.05) is 6.07 Å². The Morgan fingerprint density at radius 1 is 1.12 bits per heavy atom. The van der Waals surface area contributed by atoms with Crippen molar-refractivity contribution in [2.75, 3.05) is 11.9 Å². The quantitative estimate of drug-likeness (QED) is 0.317. The molecule has 12 heteroatoms.